The van der Waals surface area contributed by atoms with Crippen LogP contribution in [0.2, 0.25) is 0 Å². The summed E-state index contributed by atoms with van der Waals surface area (Å²) in [7, 11) is 0. The second-order valence-electron chi connectivity index (χ2n) is 3.85. The molecule has 1 rings (SSSR count). The summed E-state index contributed by atoms with van der Waals surface area (Å²) in [6.45, 7) is 1.34. The zero-order valence-corrected chi connectivity index (χ0v) is 9.85. The van der Waals surface area contributed by atoms with Gasteiger partial charge in [0.25, 0.3) is 5.91 Å². The number of aromatic hydroxyl groups is 1. The smallest absolute Gasteiger partial charge is 0.255 e. The molecule has 0 unspecified atom stereocenters. The van der Waals surface area contributed by atoms with E-state index < -0.39 is 0 Å². The molecule has 5 nitrogen and oxygen atoms in total. The van der Waals surface area contributed by atoms with Gasteiger partial charge in [0.2, 0.25) is 0 Å². The lowest BCUT2D eigenvalue weighted by Crippen LogP contribution is -2.24. The first-order valence-corrected chi connectivity index (χ1v) is 5.87. The van der Waals surface area contributed by atoms with Crippen LogP contribution in [0.5, 0.6) is 5.75 Å². The van der Waals surface area contributed by atoms with E-state index >= 15 is 0 Å². The maximum atomic E-state index is 11.6. The summed E-state index contributed by atoms with van der Waals surface area (Å²) in [4.78, 5) is 15.4. The van der Waals surface area contributed by atoms with E-state index in [1.807, 2.05) is 0 Å². The molecule has 1 aromatic rings. The minimum Gasteiger partial charge on any atom is -0.505 e. The quantitative estimate of drug-likeness (QED) is 0.618. The minimum absolute atomic E-state index is 0.0897. The Balaban J connectivity index is 2.24. The fourth-order valence-electron chi connectivity index (χ4n) is 1.50. The summed E-state index contributed by atoms with van der Waals surface area (Å²) in [5.41, 5.74) is 5.65. The maximum Gasteiger partial charge on any atom is 0.255 e. The van der Waals surface area contributed by atoms with Gasteiger partial charge < -0.3 is 16.2 Å². The Morgan fingerprint density at radius 3 is 2.82 bits per heavy atom. The number of hydrogen-bond donors (Lipinski definition) is 3. The van der Waals surface area contributed by atoms with Gasteiger partial charge in [-0.25, -0.2) is 0 Å². The highest BCUT2D eigenvalue weighted by Crippen LogP contribution is 2.13. The van der Waals surface area contributed by atoms with Crippen LogP contribution in [0.3, 0.4) is 0 Å². The molecule has 0 aliphatic carbocycles. The zero-order valence-electron chi connectivity index (χ0n) is 9.85. The number of nitrogens with zero attached hydrogens (tertiary/aromatic N) is 1. The van der Waals surface area contributed by atoms with E-state index in [1.165, 1.54) is 18.5 Å². The summed E-state index contributed by atoms with van der Waals surface area (Å²) in [6.07, 6.45) is 6.84. The van der Waals surface area contributed by atoms with Crippen molar-refractivity contribution >= 4 is 5.91 Å². The normalized spacial score (nSPS) is 10.2. The van der Waals surface area contributed by atoms with Crippen LogP contribution in [0.15, 0.2) is 18.5 Å². The van der Waals surface area contributed by atoms with Crippen LogP contribution in [-0.4, -0.2) is 29.1 Å². The Hall–Kier alpha value is -1.62. The SMILES string of the molecule is NCCCCCCNC(=O)c1ccncc1O. The van der Waals surface area contributed by atoms with E-state index in [-0.39, 0.29) is 17.2 Å². The molecule has 0 aliphatic heterocycles. The molecule has 0 atom stereocenters. The molecule has 1 amide bonds. The number of nitrogens with one attached hydrogen (secondary N) is 1. The number of pyridine rings is 1. The summed E-state index contributed by atoms with van der Waals surface area (Å²) in [5.74, 6) is -0.350. The van der Waals surface area contributed by atoms with Gasteiger partial charge in [-0.3, -0.25) is 9.78 Å². The molecule has 1 heterocycles. The minimum atomic E-state index is -0.260. The number of carbonyl (C=O) groups is 1. The van der Waals surface area contributed by atoms with Gasteiger partial charge in [0, 0.05) is 12.7 Å². The van der Waals surface area contributed by atoms with E-state index in [0.29, 0.717) is 6.54 Å². The summed E-state index contributed by atoms with van der Waals surface area (Å²) in [6, 6.07) is 1.50. The average molecular weight is 237 g/mol. The molecule has 0 aliphatic rings. The molecule has 0 aromatic carbocycles. The van der Waals surface area contributed by atoms with Crippen LogP contribution in [0, 0.1) is 0 Å². The first kappa shape index (κ1) is 13.4. The fraction of sp³-hybridized carbons (Fsp3) is 0.500. The summed E-state index contributed by atoms with van der Waals surface area (Å²) in [5, 5.41) is 12.2. The Morgan fingerprint density at radius 1 is 1.35 bits per heavy atom. The Labute approximate surface area is 101 Å². The van der Waals surface area contributed by atoms with Gasteiger partial charge in [-0.15, -0.1) is 0 Å². The van der Waals surface area contributed by atoms with Gasteiger partial charge in [0.05, 0.1) is 11.8 Å². The number of carbonyl (C=O) groups excluding carboxylic acids is 1. The second-order valence-corrected chi connectivity index (χ2v) is 3.85. The van der Waals surface area contributed by atoms with E-state index in [0.717, 1.165) is 32.2 Å². The van der Waals surface area contributed by atoms with Crippen molar-refractivity contribution in [2.45, 2.75) is 25.7 Å². The van der Waals surface area contributed by atoms with Gasteiger partial charge in [0.1, 0.15) is 5.75 Å². The van der Waals surface area contributed by atoms with Crippen molar-refractivity contribution in [3.05, 3.63) is 24.0 Å². The number of rotatable bonds is 7. The summed E-state index contributed by atoms with van der Waals surface area (Å²) < 4.78 is 0. The highest BCUT2D eigenvalue weighted by molar-refractivity contribution is 5.96. The fourth-order valence-corrected chi connectivity index (χ4v) is 1.50. The molecule has 0 saturated heterocycles. The van der Waals surface area contributed by atoms with Crippen molar-refractivity contribution in [1.29, 1.82) is 0 Å². The van der Waals surface area contributed by atoms with Crippen molar-refractivity contribution in [2.24, 2.45) is 5.73 Å². The lowest BCUT2D eigenvalue weighted by atomic mass is 10.2. The topological polar surface area (TPSA) is 88.2 Å². The number of nitrogens with two attached hydrogens (primary N) is 1. The molecule has 5 heteroatoms. The van der Waals surface area contributed by atoms with Crippen molar-refractivity contribution in [3.8, 4) is 5.75 Å². The third kappa shape index (κ3) is 4.82. The Morgan fingerprint density at radius 2 is 2.12 bits per heavy atom. The van der Waals surface area contributed by atoms with Crippen LogP contribution < -0.4 is 11.1 Å². The highest BCUT2D eigenvalue weighted by atomic mass is 16.3. The van der Waals surface area contributed by atoms with Crippen LogP contribution in [0.4, 0.5) is 0 Å². The van der Waals surface area contributed by atoms with E-state index in [9.17, 15) is 9.90 Å². The van der Waals surface area contributed by atoms with Gasteiger partial charge in [0.15, 0.2) is 0 Å². The highest BCUT2D eigenvalue weighted by Gasteiger charge is 2.09. The standard InChI is InChI=1S/C12H19N3O2/c13-6-3-1-2-4-7-15-12(17)10-5-8-14-9-11(10)16/h5,8-9,16H,1-4,6-7,13H2,(H,15,17). The molecule has 0 fully saturated rings. The van der Waals surface area contributed by atoms with Crippen molar-refractivity contribution in [3.63, 3.8) is 0 Å². The maximum absolute atomic E-state index is 11.6. The predicted molar refractivity (Wildman–Crippen MR) is 65.8 cm³/mol. The van der Waals surface area contributed by atoms with Crippen LogP contribution in [0.1, 0.15) is 36.0 Å². The van der Waals surface area contributed by atoms with Gasteiger partial charge in [-0.2, -0.15) is 0 Å². The molecule has 17 heavy (non-hydrogen) atoms. The summed E-state index contributed by atoms with van der Waals surface area (Å²) >= 11 is 0. The number of unbranched alkanes of at least 4 members (excludes halogenated alkanes) is 3. The van der Waals surface area contributed by atoms with Crippen LogP contribution in [0.25, 0.3) is 0 Å². The van der Waals surface area contributed by atoms with E-state index in [4.69, 9.17) is 5.73 Å². The van der Waals surface area contributed by atoms with Gasteiger partial charge in [-0.05, 0) is 25.5 Å². The third-order valence-electron chi connectivity index (χ3n) is 2.46. The van der Waals surface area contributed by atoms with E-state index in [2.05, 4.69) is 10.3 Å². The lowest BCUT2D eigenvalue weighted by Gasteiger charge is -2.06. The monoisotopic (exact) mass is 237 g/mol. The molecule has 0 radical (unpaired) electrons. The molecule has 4 N–H and O–H groups in total. The largest absolute Gasteiger partial charge is 0.505 e. The van der Waals surface area contributed by atoms with Crippen molar-refractivity contribution in [1.82, 2.24) is 10.3 Å². The second kappa shape index (κ2) is 7.62. The number of aromatic nitrogens is 1. The first-order valence-electron chi connectivity index (χ1n) is 5.87. The van der Waals surface area contributed by atoms with Crippen LogP contribution in [-0.2, 0) is 0 Å². The molecular formula is C12H19N3O2. The Bertz CT molecular complexity index is 355. The van der Waals surface area contributed by atoms with Crippen LogP contribution >= 0.6 is 0 Å². The molecule has 0 bridgehead atoms. The number of hydrogen-bond acceptors (Lipinski definition) is 4. The Kier molecular flexibility index (Phi) is 6.03. The first-order chi connectivity index (χ1) is 8.25. The zero-order chi connectivity index (χ0) is 12.5. The predicted octanol–water partition coefficient (Wildman–Crippen LogP) is 1.04. The average Bonchev–Trinajstić information content (AvgIpc) is 2.34. The third-order valence-corrected chi connectivity index (χ3v) is 2.46. The van der Waals surface area contributed by atoms with Gasteiger partial charge >= 0.3 is 0 Å². The van der Waals surface area contributed by atoms with Gasteiger partial charge in [-0.1, -0.05) is 12.8 Å². The molecule has 94 valence electrons. The molecule has 0 saturated carbocycles. The molecular weight excluding hydrogens is 218 g/mol. The molecule has 0 spiro atoms. The van der Waals surface area contributed by atoms with Crippen molar-refractivity contribution in [2.75, 3.05) is 13.1 Å². The number of amides is 1. The molecule has 1 aromatic heterocycles. The lowest BCUT2D eigenvalue weighted by molar-refractivity contribution is 0.0950. The van der Waals surface area contributed by atoms with E-state index in [1.54, 1.807) is 0 Å². The van der Waals surface area contributed by atoms with Crippen molar-refractivity contribution < 1.29 is 9.90 Å².